The Hall–Kier alpha value is -1.77. The van der Waals surface area contributed by atoms with Gasteiger partial charge in [0.15, 0.2) is 0 Å². The Morgan fingerprint density at radius 1 is 1.31 bits per heavy atom. The average Bonchev–Trinajstić information content (AvgIpc) is 3.40. The first-order chi connectivity index (χ1) is 12.7. The lowest BCUT2D eigenvalue weighted by Crippen LogP contribution is -2.51. The first kappa shape index (κ1) is 17.6. The molecule has 0 aromatic carbocycles. The molecule has 2 fully saturated rings. The number of likely N-dealkylation sites (tertiary alicyclic amines) is 1. The van der Waals surface area contributed by atoms with E-state index in [1.54, 1.807) is 11.3 Å². The van der Waals surface area contributed by atoms with E-state index in [4.69, 9.17) is 11.6 Å². The first-order valence-corrected chi connectivity index (χ1v) is 10.2. The van der Waals surface area contributed by atoms with Crippen LogP contribution < -0.4 is 10.6 Å². The number of nitrogens with zero attached hydrogens (tertiary/aromatic N) is 3. The molecule has 0 spiro atoms. The number of carbonyl (C=O) groups is 1. The van der Waals surface area contributed by atoms with Gasteiger partial charge in [0.05, 0.1) is 10.9 Å². The Labute approximate surface area is 161 Å². The second kappa shape index (κ2) is 7.85. The van der Waals surface area contributed by atoms with Crippen LogP contribution in [0, 0.1) is 0 Å². The minimum Gasteiger partial charge on any atom is -0.364 e. The molecular weight excluding hydrogens is 372 g/mol. The Bertz CT molecular complexity index is 756. The number of piperazine rings is 1. The van der Waals surface area contributed by atoms with Crippen LogP contribution in [0.1, 0.15) is 22.9 Å². The van der Waals surface area contributed by atoms with E-state index in [1.165, 1.54) is 4.88 Å². The fraction of sp³-hybridized carbons (Fsp3) is 0.529. The topological polar surface area (TPSA) is 76.3 Å². The molecule has 3 N–H and O–H groups in total. The molecule has 26 heavy (non-hydrogen) atoms. The molecule has 4 heterocycles. The number of aromatic nitrogens is 2. The van der Waals surface area contributed by atoms with E-state index in [2.05, 4.69) is 26.9 Å². The maximum absolute atomic E-state index is 12.6. The van der Waals surface area contributed by atoms with Crippen molar-refractivity contribution in [3.63, 3.8) is 0 Å². The van der Waals surface area contributed by atoms with Gasteiger partial charge in [-0.15, -0.1) is 11.3 Å². The van der Waals surface area contributed by atoms with Gasteiger partial charge < -0.3 is 20.4 Å². The van der Waals surface area contributed by atoms with Crippen molar-refractivity contribution in [3.05, 3.63) is 33.1 Å². The normalized spacial score (nSPS) is 20.6. The minimum absolute atomic E-state index is 0.168. The molecule has 7 nitrogen and oxygen atoms in total. The molecule has 2 aliphatic rings. The lowest BCUT2D eigenvalue weighted by molar-refractivity contribution is 0.155. The quantitative estimate of drug-likeness (QED) is 0.744. The maximum atomic E-state index is 12.6. The second-order valence-corrected chi connectivity index (χ2v) is 8.52. The number of carbonyl (C=O) groups excluding carboxylic acids is 1. The highest BCUT2D eigenvalue weighted by Crippen LogP contribution is 2.28. The Kier molecular flexibility index (Phi) is 5.33. The fourth-order valence-corrected chi connectivity index (χ4v) is 4.53. The Morgan fingerprint density at radius 2 is 2.15 bits per heavy atom. The smallest absolute Gasteiger partial charge is 0.320 e. The third-order valence-electron chi connectivity index (χ3n) is 4.96. The van der Waals surface area contributed by atoms with Crippen molar-refractivity contribution in [3.8, 4) is 0 Å². The van der Waals surface area contributed by atoms with Crippen LogP contribution in [0.5, 0.6) is 0 Å². The van der Waals surface area contributed by atoms with Crippen molar-refractivity contribution >= 4 is 34.8 Å². The van der Waals surface area contributed by atoms with Crippen LogP contribution in [0.3, 0.4) is 0 Å². The van der Waals surface area contributed by atoms with E-state index in [-0.39, 0.29) is 6.03 Å². The molecular formula is C17H23ClN6OS. The molecule has 0 radical (unpaired) electrons. The minimum atomic E-state index is 0.168. The summed E-state index contributed by atoms with van der Waals surface area (Å²) in [6.07, 6.45) is 0.972. The molecule has 0 bridgehead atoms. The standard InChI is InChI=1S/C17H23ClN6OS/c18-15-2-1-13(26-15)10-20-16-9-14(21-22-16)12-3-6-24(11-12)17(25)23-7-4-19-5-8-23/h1-2,9,12,19H,3-8,10-11H2,(H2,20,21,22). The van der Waals surface area contributed by atoms with Crippen LogP contribution in [0.25, 0.3) is 0 Å². The van der Waals surface area contributed by atoms with E-state index in [9.17, 15) is 4.79 Å². The zero-order valence-electron chi connectivity index (χ0n) is 14.5. The number of rotatable bonds is 4. The number of amides is 2. The number of aromatic amines is 1. The summed E-state index contributed by atoms with van der Waals surface area (Å²) in [4.78, 5) is 17.7. The molecule has 1 atom stereocenters. The molecule has 2 amide bonds. The van der Waals surface area contributed by atoms with Gasteiger partial charge >= 0.3 is 6.03 Å². The van der Waals surface area contributed by atoms with Crippen molar-refractivity contribution in [2.45, 2.75) is 18.9 Å². The molecule has 9 heteroatoms. The highest BCUT2D eigenvalue weighted by molar-refractivity contribution is 7.16. The molecule has 2 saturated heterocycles. The van der Waals surface area contributed by atoms with Crippen molar-refractivity contribution in [2.24, 2.45) is 0 Å². The number of nitrogens with one attached hydrogen (secondary N) is 3. The molecule has 2 aromatic heterocycles. The van der Waals surface area contributed by atoms with E-state index in [1.807, 2.05) is 21.9 Å². The highest BCUT2D eigenvalue weighted by atomic mass is 35.5. The SMILES string of the molecule is O=C(N1CCNCC1)N1CCC(c2cc(NCc3ccc(Cl)s3)n[nH]2)C1. The number of halogens is 1. The Balaban J connectivity index is 1.31. The zero-order valence-corrected chi connectivity index (χ0v) is 16.1. The summed E-state index contributed by atoms with van der Waals surface area (Å²) in [7, 11) is 0. The van der Waals surface area contributed by atoms with Gasteiger partial charge in [0.2, 0.25) is 0 Å². The number of hydrogen-bond acceptors (Lipinski definition) is 5. The molecule has 1 unspecified atom stereocenters. The van der Waals surface area contributed by atoms with Crippen molar-refractivity contribution < 1.29 is 4.79 Å². The third-order valence-corrected chi connectivity index (χ3v) is 6.19. The van der Waals surface area contributed by atoms with Gasteiger partial charge in [-0.25, -0.2) is 4.79 Å². The van der Waals surface area contributed by atoms with E-state index >= 15 is 0 Å². The van der Waals surface area contributed by atoms with Crippen LogP contribution in [-0.2, 0) is 6.54 Å². The van der Waals surface area contributed by atoms with E-state index < -0.39 is 0 Å². The van der Waals surface area contributed by atoms with Gasteiger partial charge in [-0.3, -0.25) is 5.10 Å². The van der Waals surface area contributed by atoms with Crippen LogP contribution >= 0.6 is 22.9 Å². The van der Waals surface area contributed by atoms with Crippen molar-refractivity contribution in [1.82, 2.24) is 25.3 Å². The molecule has 2 aromatic rings. The summed E-state index contributed by atoms with van der Waals surface area (Å²) in [5, 5.41) is 14.1. The van der Waals surface area contributed by atoms with Gasteiger partial charge in [-0.1, -0.05) is 11.6 Å². The average molecular weight is 395 g/mol. The molecule has 2 aliphatic heterocycles. The largest absolute Gasteiger partial charge is 0.364 e. The third kappa shape index (κ3) is 3.97. The van der Waals surface area contributed by atoms with Crippen molar-refractivity contribution in [2.75, 3.05) is 44.6 Å². The van der Waals surface area contributed by atoms with Crippen molar-refractivity contribution in [1.29, 1.82) is 0 Å². The summed E-state index contributed by atoms with van der Waals surface area (Å²) in [6, 6.07) is 6.14. The summed E-state index contributed by atoms with van der Waals surface area (Å²) in [5.41, 5.74) is 1.09. The number of urea groups is 1. The highest BCUT2D eigenvalue weighted by Gasteiger charge is 2.31. The van der Waals surface area contributed by atoms with E-state index in [0.717, 1.165) is 61.5 Å². The van der Waals surface area contributed by atoms with Crippen LogP contribution in [0.2, 0.25) is 4.34 Å². The molecule has 0 saturated carbocycles. The number of thiophene rings is 1. The number of hydrogen-bond donors (Lipinski definition) is 3. The predicted octanol–water partition coefficient (Wildman–Crippen LogP) is 2.55. The van der Waals surface area contributed by atoms with Crippen LogP contribution in [-0.4, -0.2) is 65.3 Å². The monoisotopic (exact) mass is 394 g/mol. The maximum Gasteiger partial charge on any atom is 0.320 e. The Morgan fingerprint density at radius 3 is 2.92 bits per heavy atom. The van der Waals surface area contributed by atoms with Gasteiger partial charge in [0.1, 0.15) is 5.82 Å². The van der Waals surface area contributed by atoms with Crippen LogP contribution in [0.4, 0.5) is 10.6 Å². The molecule has 0 aliphatic carbocycles. The second-order valence-electron chi connectivity index (χ2n) is 6.72. The summed E-state index contributed by atoms with van der Waals surface area (Å²) in [5.74, 6) is 1.15. The van der Waals surface area contributed by atoms with Gasteiger partial charge in [-0.05, 0) is 18.6 Å². The van der Waals surface area contributed by atoms with Gasteiger partial charge in [0, 0.05) is 61.8 Å². The fourth-order valence-electron chi connectivity index (χ4n) is 3.50. The predicted molar refractivity (Wildman–Crippen MR) is 104 cm³/mol. The first-order valence-electron chi connectivity index (χ1n) is 8.97. The number of H-pyrrole nitrogens is 1. The molecule has 4 rings (SSSR count). The van der Waals surface area contributed by atoms with E-state index in [0.29, 0.717) is 12.5 Å². The summed E-state index contributed by atoms with van der Waals surface area (Å²) >= 11 is 7.53. The zero-order chi connectivity index (χ0) is 17.9. The van der Waals surface area contributed by atoms with Gasteiger partial charge in [0.25, 0.3) is 0 Å². The lowest BCUT2D eigenvalue weighted by Gasteiger charge is -2.31. The summed E-state index contributed by atoms with van der Waals surface area (Å²) in [6.45, 7) is 5.63. The molecule has 140 valence electrons. The van der Waals surface area contributed by atoms with Crippen LogP contribution in [0.15, 0.2) is 18.2 Å². The number of anilines is 1. The summed E-state index contributed by atoms with van der Waals surface area (Å²) < 4.78 is 0.796. The lowest BCUT2D eigenvalue weighted by atomic mass is 10.1. The van der Waals surface area contributed by atoms with Gasteiger partial charge in [-0.2, -0.15) is 5.10 Å².